The van der Waals surface area contributed by atoms with E-state index in [1.54, 1.807) is 7.05 Å². The molecule has 0 saturated heterocycles. The van der Waals surface area contributed by atoms with Crippen molar-refractivity contribution < 1.29 is 9.90 Å². The summed E-state index contributed by atoms with van der Waals surface area (Å²) in [7, 11) is 1.66. The lowest BCUT2D eigenvalue weighted by molar-refractivity contribution is 0.0695. The third kappa shape index (κ3) is 2.26. The number of hydrogen-bond acceptors (Lipinski definition) is 4. The van der Waals surface area contributed by atoms with Crippen LogP contribution in [0.4, 0.5) is 0 Å². The molecule has 0 spiro atoms. The van der Waals surface area contributed by atoms with Crippen molar-refractivity contribution in [2.75, 3.05) is 13.6 Å². The van der Waals surface area contributed by atoms with Crippen LogP contribution in [0, 0.1) is 6.92 Å². The highest BCUT2D eigenvalue weighted by Gasteiger charge is 2.33. The Morgan fingerprint density at radius 1 is 1.32 bits per heavy atom. The Morgan fingerprint density at radius 2 is 2.05 bits per heavy atom. The third-order valence-corrected chi connectivity index (χ3v) is 4.08. The molecule has 1 N–H and O–H groups in total. The number of hydrogen-bond donors (Lipinski definition) is 1. The molecule has 1 aliphatic heterocycles. The van der Waals surface area contributed by atoms with E-state index in [4.69, 9.17) is 0 Å². The summed E-state index contributed by atoms with van der Waals surface area (Å²) in [6, 6.07) is 7.89. The minimum atomic E-state index is -0.635. The highest BCUT2D eigenvalue weighted by atomic mass is 16.3. The summed E-state index contributed by atoms with van der Waals surface area (Å²) in [5, 5.41) is 14.0. The zero-order valence-corrected chi connectivity index (χ0v) is 12.5. The predicted octanol–water partition coefficient (Wildman–Crippen LogP) is 1.13. The second-order valence-electron chi connectivity index (χ2n) is 5.62. The number of likely N-dealkylation sites (N-methyl/N-ethyl adjacent to an activating group) is 1. The quantitative estimate of drug-likeness (QED) is 0.902. The average molecular weight is 299 g/mol. The summed E-state index contributed by atoms with van der Waals surface area (Å²) in [5.74, 6) is -0.912. The summed E-state index contributed by atoms with van der Waals surface area (Å²) < 4.78 is 1.48. The molecule has 2 aromatic rings. The SMILES string of the molecule is Cc1ccccc1C[C@@H]1CN(C)C(=O)c2c(O)c(=O)cnn21. The van der Waals surface area contributed by atoms with Gasteiger partial charge in [-0.1, -0.05) is 24.3 Å². The van der Waals surface area contributed by atoms with Crippen molar-refractivity contribution in [3.05, 3.63) is 57.5 Å². The summed E-state index contributed by atoms with van der Waals surface area (Å²) in [5.41, 5.74) is 1.65. The highest BCUT2D eigenvalue weighted by molar-refractivity contribution is 5.95. The molecule has 22 heavy (non-hydrogen) atoms. The zero-order chi connectivity index (χ0) is 15.9. The fourth-order valence-electron chi connectivity index (χ4n) is 2.84. The smallest absolute Gasteiger partial charge is 0.275 e. The van der Waals surface area contributed by atoms with Crippen LogP contribution in [0.2, 0.25) is 0 Å². The summed E-state index contributed by atoms with van der Waals surface area (Å²) >= 11 is 0. The van der Waals surface area contributed by atoms with E-state index in [2.05, 4.69) is 5.10 Å². The van der Waals surface area contributed by atoms with E-state index in [9.17, 15) is 14.7 Å². The van der Waals surface area contributed by atoms with Gasteiger partial charge in [-0.15, -0.1) is 0 Å². The Labute approximate surface area is 127 Å². The molecular weight excluding hydrogens is 282 g/mol. The molecule has 1 aromatic heterocycles. The second kappa shape index (κ2) is 5.29. The van der Waals surface area contributed by atoms with Crippen molar-refractivity contribution in [1.29, 1.82) is 0 Å². The predicted molar refractivity (Wildman–Crippen MR) is 81.0 cm³/mol. The Bertz CT molecular complexity index is 797. The lowest BCUT2D eigenvalue weighted by Crippen LogP contribution is -2.43. The fourth-order valence-corrected chi connectivity index (χ4v) is 2.84. The van der Waals surface area contributed by atoms with Crippen molar-refractivity contribution >= 4 is 5.91 Å². The van der Waals surface area contributed by atoms with E-state index in [-0.39, 0.29) is 17.6 Å². The van der Waals surface area contributed by atoms with Gasteiger partial charge in [0.25, 0.3) is 5.91 Å². The largest absolute Gasteiger partial charge is 0.502 e. The van der Waals surface area contributed by atoms with Gasteiger partial charge in [0.1, 0.15) is 0 Å². The van der Waals surface area contributed by atoms with Crippen LogP contribution in [0.15, 0.2) is 35.3 Å². The van der Waals surface area contributed by atoms with E-state index >= 15 is 0 Å². The Balaban J connectivity index is 2.07. The molecule has 0 radical (unpaired) electrons. The standard InChI is InChI=1S/C16H17N3O3/c1-10-5-3-4-6-11(10)7-12-9-18(2)16(22)14-15(21)13(20)8-17-19(12)14/h3-6,8,12,21H,7,9H2,1-2H3/t12-/m1/s1. The molecule has 0 aliphatic carbocycles. The average Bonchev–Trinajstić information content (AvgIpc) is 2.49. The zero-order valence-electron chi connectivity index (χ0n) is 12.5. The first-order valence-corrected chi connectivity index (χ1v) is 7.09. The number of fused-ring (bicyclic) bond motifs is 1. The van der Waals surface area contributed by atoms with Crippen molar-refractivity contribution in [2.24, 2.45) is 0 Å². The molecule has 1 atom stereocenters. The van der Waals surface area contributed by atoms with Gasteiger partial charge >= 0.3 is 0 Å². The molecule has 3 rings (SSSR count). The van der Waals surface area contributed by atoms with Gasteiger partial charge in [-0.05, 0) is 24.5 Å². The van der Waals surface area contributed by atoms with Crippen LogP contribution in [-0.4, -0.2) is 39.3 Å². The van der Waals surface area contributed by atoms with Crippen LogP contribution in [0.5, 0.6) is 5.75 Å². The van der Waals surface area contributed by atoms with E-state index < -0.39 is 11.2 Å². The van der Waals surface area contributed by atoms with Gasteiger partial charge in [-0.2, -0.15) is 5.10 Å². The van der Waals surface area contributed by atoms with Crippen molar-refractivity contribution in [2.45, 2.75) is 19.4 Å². The summed E-state index contributed by atoms with van der Waals surface area (Å²) in [6.07, 6.45) is 1.73. The van der Waals surface area contributed by atoms with E-state index in [0.717, 1.165) is 17.3 Å². The van der Waals surface area contributed by atoms with Crippen molar-refractivity contribution in [3.63, 3.8) is 0 Å². The van der Waals surface area contributed by atoms with Gasteiger partial charge in [0.05, 0.1) is 12.2 Å². The summed E-state index contributed by atoms with van der Waals surface area (Å²) in [6.45, 7) is 2.51. The second-order valence-corrected chi connectivity index (χ2v) is 5.62. The van der Waals surface area contributed by atoms with Crippen molar-refractivity contribution in [1.82, 2.24) is 14.7 Å². The molecule has 0 unspecified atom stereocenters. The van der Waals surface area contributed by atoms with Gasteiger partial charge < -0.3 is 10.0 Å². The summed E-state index contributed by atoms with van der Waals surface area (Å²) in [4.78, 5) is 25.3. The first kappa shape index (κ1) is 14.3. The number of carbonyl (C=O) groups is 1. The number of carbonyl (C=O) groups excluding carboxylic acids is 1. The van der Waals surface area contributed by atoms with E-state index in [0.29, 0.717) is 13.0 Å². The number of amides is 1. The number of rotatable bonds is 2. The van der Waals surface area contributed by atoms with Gasteiger partial charge in [0, 0.05) is 13.6 Å². The van der Waals surface area contributed by atoms with Crippen molar-refractivity contribution in [3.8, 4) is 5.75 Å². The number of nitrogens with zero attached hydrogens (tertiary/aromatic N) is 3. The lowest BCUT2D eigenvalue weighted by Gasteiger charge is -2.33. The topological polar surface area (TPSA) is 75.4 Å². The molecule has 1 aromatic carbocycles. The molecule has 2 heterocycles. The van der Waals surface area contributed by atoms with Gasteiger partial charge in [0.15, 0.2) is 11.4 Å². The minimum absolute atomic E-state index is 0.0279. The molecule has 0 bridgehead atoms. The fraction of sp³-hybridized carbons (Fsp3) is 0.312. The van der Waals surface area contributed by atoms with E-state index in [1.807, 2.05) is 31.2 Å². The number of aromatic hydroxyl groups is 1. The molecule has 1 aliphatic rings. The molecule has 0 fully saturated rings. The Hall–Kier alpha value is -2.63. The molecule has 114 valence electrons. The van der Waals surface area contributed by atoms with Gasteiger partial charge in [-0.3, -0.25) is 14.3 Å². The maximum atomic E-state index is 12.2. The first-order chi connectivity index (χ1) is 10.5. The molecule has 1 amide bonds. The maximum Gasteiger partial charge on any atom is 0.275 e. The lowest BCUT2D eigenvalue weighted by atomic mass is 9.99. The molecule has 0 saturated carbocycles. The monoisotopic (exact) mass is 299 g/mol. The molecule has 6 nitrogen and oxygen atoms in total. The molecule has 6 heteroatoms. The number of aromatic nitrogens is 2. The molecular formula is C16H17N3O3. The van der Waals surface area contributed by atoms with Crippen LogP contribution in [0.1, 0.15) is 27.7 Å². The minimum Gasteiger partial charge on any atom is -0.502 e. The maximum absolute atomic E-state index is 12.2. The van der Waals surface area contributed by atoms with Crippen LogP contribution < -0.4 is 5.43 Å². The number of aryl methyl sites for hydroxylation is 1. The van der Waals surface area contributed by atoms with Gasteiger partial charge in [0.2, 0.25) is 5.43 Å². The first-order valence-electron chi connectivity index (χ1n) is 7.09. The third-order valence-electron chi connectivity index (χ3n) is 4.08. The highest BCUT2D eigenvalue weighted by Crippen LogP contribution is 2.26. The Morgan fingerprint density at radius 3 is 2.77 bits per heavy atom. The van der Waals surface area contributed by atoms with Crippen LogP contribution in [-0.2, 0) is 6.42 Å². The van der Waals surface area contributed by atoms with Gasteiger partial charge in [-0.25, -0.2) is 0 Å². The number of benzene rings is 1. The Kier molecular flexibility index (Phi) is 3.44. The normalized spacial score (nSPS) is 17.5. The van der Waals surface area contributed by atoms with Crippen LogP contribution in [0.3, 0.4) is 0 Å². The van der Waals surface area contributed by atoms with E-state index in [1.165, 1.54) is 9.58 Å². The van der Waals surface area contributed by atoms with Crippen LogP contribution >= 0.6 is 0 Å². The van der Waals surface area contributed by atoms with Crippen LogP contribution in [0.25, 0.3) is 0 Å².